The predicted molar refractivity (Wildman–Crippen MR) is 129 cm³/mol. The van der Waals surface area contributed by atoms with Crippen LogP contribution in [0.15, 0.2) is 34.1 Å². The van der Waals surface area contributed by atoms with Crippen molar-refractivity contribution in [3.8, 4) is 0 Å². The van der Waals surface area contributed by atoms with Gasteiger partial charge in [-0.15, -0.1) is 11.8 Å². The van der Waals surface area contributed by atoms with Crippen molar-refractivity contribution in [1.82, 2.24) is 14.8 Å². The van der Waals surface area contributed by atoms with Gasteiger partial charge in [0.15, 0.2) is 0 Å². The van der Waals surface area contributed by atoms with Crippen LogP contribution >= 0.6 is 11.8 Å². The Morgan fingerprint density at radius 1 is 1.25 bits per heavy atom. The Balaban J connectivity index is 0.00000512. The molecular weight excluding hydrogens is 441 g/mol. The number of nitrogens with zero attached hydrogens (tertiary/aromatic N) is 2. The first-order chi connectivity index (χ1) is 14.9. The number of carboxylic acid groups (broad SMARTS) is 1. The largest absolute Gasteiger partial charge is 0.477 e. The number of carbonyl (C=O) groups is 2. The first-order valence-electron chi connectivity index (χ1n) is 10.5. The number of unbranched alkanes of at least 4 members (excludes halogenated alkanes) is 1. The van der Waals surface area contributed by atoms with Crippen molar-refractivity contribution in [2.24, 2.45) is 0 Å². The van der Waals surface area contributed by atoms with E-state index in [-0.39, 0.29) is 41.2 Å². The van der Waals surface area contributed by atoms with E-state index in [4.69, 9.17) is 4.74 Å². The number of fused-ring (bicyclic) bond motifs is 1. The zero-order chi connectivity index (χ0) is 22.8. The van der Waals surface area contributed by atoms with Crippen molar-refractivity contribution >= 4 is 64.3 Å². The summed E-state index contributed by atoms with van der Waals surface area (Å²) < 4.78 is 6.83. The standard InChI is InChI=1S/C22H31N3O5S.Na/c1-4-6-12-30-22(29)23-9-10-24(3)11-13-31-16-7-8-19-17(14-16)20(26)18(21(27)28)15-25(19)5-2;/h7-8,14-15H,4-6,9-13H2,1-3H3,(H,23,29)(H,27,28);. The number of aromatic carboxylic acids is 1. The zero-order valence-corrected chi connectivity index (χ0v) is 22.2. The summed E-state index contributed by atoms with van der Waals surface area (Å²) in [6.07, 6.45) is 2.87. The van der Waals surface area contributed by atoms with Crippen LogP contribution in [-0.2, 0) is 11.3 Å². The van der Waals surface area contributed by atoms with Crippen molar-refractivity contribution in [2.75, 3.05) is 39.0 Å². The van der Waals surface area contributed by atoms with Gasteiger partial charge in [-0.1, -0.05) is 13.3 Å². The van der Waals surface area contributed by atoms with Crippen LogP contribution in [0.25, 0.3) is 10.9 Å². The first-order valence-corrected chi connectivity index (χ1v) is 11.5. The molecule has 8 nitrogen and oxygen atoms in total. The van der Waals surface area contributed by atoms with Crippen LogP contribution in [0, 0.1) is 0 Å². The Hall–Kier alpha value is -1.52. The van der Waals surface area contributed by atoms with Crippen molar-refractivity contribution < 1.29 is 19.4 Å². The number of likely N-dealkylation sites (N-methyl/N-ethyl adjacent to an activating group) is 1. The van der Waals surface area contributed by atoms with Gasteiger partial charge in [-0.25, -0.2) is 9.59 Å². The maximum Gasteiger partial charge on any atom is 0.407 e. The van der Waals surface area contributed by atoms with Crippen molar-refractivity contribution in [2.45, 2.75) is 38.1 Å². The average Bonchev–Trinajstić information content (AvgIpc) is 2.74. The molecule has 2 aromatic rings. The number of carboxylic acids is 1. The molecule has 1 radical (unpaired) electrons. The van der Waals surface area contributed by atoms with Gasteiger partial charge in [-0.2, -0.15) is 0 Å². The number of ether oxygens (including phenoxy) is 1. The molecule has 2 N–H and O–H groups in total. The van der Waals surface area contributed by atoms with Crippen LogP contribution in [0.1, 0.15) is 37.0 Å². The molecule has 0 saturated heterocycles. The van der Waals surface area contributed by atoms with E-state index in [1.807, 2.05) is 33.0 Å². The summed E-state index contributed by atoms with van der Waals surface area (Å²) in [5.41, 5.74) is 0.0662. The van der Waals surface area contributed by atoms with E-state index in [0.717, 1.165) is 35.6 Å². The molecule has 0 atom stereocenters. The molecule has 0 aliphatic rings. The van der Waals surface area contributed by atoms with Crippen molar-refractivity contribution in [1.29, 1.82) is 0 Å². The number of hydrogen-bond donors (Lipinski definition) is 2. The van der Waals surface area contributed by atoms with E-state index in [2.05, 4.69) is 10.2 Å². The SMILES string of the molecule is CCCCOC(=O)NCCN(C)CCSc1ccc2c(c1)c(=O)c(C(=O)O)cn2CC.[Na]. The minimum Gasteiger partial charge on any atom is -0.477 e. The second-order valence-corrected chi connectivity index (χ2v) is 8.38. The summed E-state index contributed by atoms with van der Waals surface area (Å²) in [6.45, 7) is 6.98. The van der Waals surface area contributed by atoms with Gasteiger partial charge in [0.05, 0.1) is 12.1 Å². The van der Waals surface area contributed by atoms with Crippen LogP contribution in [-0.4, -0.2) is 95.2 Å². The monoisotopic (exact) mass is 472 g/mol. The number of pyridine rings is 1. The van der Waals surface area contributed by atoms with E-state index in [1.54, 1.807) is 22.4 Å². The van der Waals surface area contributed by atoms with Crippen LogP contribution in [0.3, 0.4) is 0 Å². The number of thioether (sulfide) groups is 1. The van der Waals surface area contributed by atoms with E-state index in [1.165, 1.54) is 6.20 Å². The fraction of sp³-hybridized carbons (Fsp3) is 0.500. The van der Waals surface area contributed by atoms with Gasteiger partial charge in [-0.05, 0) is 38.6 Å². The van der Waals surface area contributed by atoms with Crippen LogP contribution in [0.2, 0.25) is 0 Å². The molecule has 1 aromatic carbocycles. The molecule has 2 rings (SSSR count). The topological polar surface area (TPSA) is 101 Å². The molecule has 10 heteroatoms. The van der Waals surface area contributed by atoms with E-state index in [0.29, 0.717) is 31.6 Å². The maximum atomic E-state index is 12.6. The third kappa shape index (κ3) is 8.44. The molecule has 0 fully saturated rings. The molecule has 171 valence electrons. The van der Waals surface area contributed by atoms with Gasteiger partial charge < -0.3 is 24.6 Å². The van der Waals surface area contributed by atoms with E-state index < -0.39 is 11.4 Å². The second kappa shape index (κ2) is 14.6. The summed E-state index contributed by atoms with van der Waals surface area (Å²) in [6, 6.07) is 5.59. The number of rotatable bonds is 12. The van der Waals surface area contributed by atoms with Crippen LogP contribution < -0.4 is 10.7 Å². The molecule has 0 saturated carbocycles. The molecule has 0 spiro atoms. The summed E-state index contributed by atoms with van der Waals surface area (Å²) in [4.78, 5) is 38.5. The number of aryl methyl sites for hydroxylation is 1. The number of carbonyl (C=O) groups excluding carboxylic acids is 1. The Bertz CT molecular complexity index is 966. The number of aromatic nitrogens is 1. The zero-order valence-electron chi connectivity index (χ0n) is 19.3. The summed E-state index contributed by atoms with van der Waals surface area (Å²) in [5, 5.41) is 12.5. The molecule has 0 bridgehead atoms. The van der Waals surface area contributed by atoms with Gasteiger partial charge in [0.1, 0.15) is 5.56 Å². The molecule has 0 aliphatic heterocycles. The fourth-order valence-electron chi connectivity index (χ4n) is 3.02. The van der Waals surface area contributed by atoms with Crippen LogP contribution in [0.5, 0.6) is 0 Å². The minimum absolute atomic E-state index is 0. The fourth-order valence-corrected chi connectivity index (χ4v) is 4.02. The van der Waals surface area contributed by atoms with Crippen LogP contribution in [0.4, 0.5) is 4.79 Å². The van der Waals surface area contributed by atoms with E-state index in [9.17, 15) is 19.5 Å². The van der Waals surface area contributed by atoms with Crippen molar-refractivity contribution in [3.05, 3.63) is 40.2 Å². The number of benzene rings is 1. The number of alkyl carbamates (subject to hydrolysis) is 1. The Kier molecular flexibility index (Phi) is 13.0. The minimum atomic E-state index is -1.21. The Morgan fingerprint density at radius 2 is 2.00 bits per heavy atom. The molecular formula is C22H31N3NaO5S. The van der Waals surface area contributed by atoms with E-state index >= 15 is 0 Å². The number of hydrogen-bond acceptors (Lipinski definition) is 6. The second-order valence-electron chi connectivity index (χ2n) is 7.21. The molecule has 0 unspecified atom stereocenters. The summed E-state index contributed by atoms with van der Waals surface area (Å²) >= 11 is 1.60. The average molecular weight is 473 g/mol. The smallest absolute Gasteiger partial charge is 0.407 e. The quantitative estimate of drug-likeness (QED) is 0.278. The molecule has 0 aliphatic carbocycles. The summed E-state index contributed by atoms with van der Waals surface area (Å²) in [5.74, 6) is -0.416. The third-order valence-corrected chi connectivity index (χ3v) is 5.83. The summed E-state index contributed by atoms with van der Waals surface area (Å²) in [7, 11) is 1.98. The van der Waals surface area contributed by atoms with Gasteiger partial charge in [0, 0.05) is 78.0 Å². The first kappa shape index (κ1) is 28.5. The molecule has 1 aromatic heterocycles. The van der Waals surface area contributed by atoms with Gasteiger partial charge >= 0.3 is 12.1 Å². The van der Waals surface area contributed by atoms with Gasteiger partial charge in [-0.3, -0.25) is 4.79 Å². The maximum absolute atomic E-state index is 12.6. The molecule has 1 heterocycles. The normalized spacial score (nSPS) is 10.8. The molecule has 32 heavy (non-hydrogen) atoms. The van der Waals surface area contributed by atoms with Gasteiger partial charge in [0.25, 0.3) is 0 Å². The Morgan fingerprint density at radius 3 is 2.66 bits per heavy atom. The Labute approximate surface area is 215 Å². The third-order valence-electron chi connectivity index (χ3n) is 4.86. The molecule has 1 amide bonds. The van der Waals surface area contributed by atoms with Gasteiger partial charge in [0.2, 0.25) is 5.43 Å². The number of amides is 1. The number of nitrogens with one attached hydrogen (secondary N) is 1. The van der Waals surface area contributed by atoms with Crippen molar-refractivity contribution in [3.63, 3.8) is 0 Å². The predicted octanol–water partition coefficient (Wildman–Crippen LogP) is 2.89.